The summed E-state index contributed by atoms with van der Waals surface area (Å²) in [6.07, 6.45) is 49.3. The van der Waals surface area contributed by atoms with Crippen LogP contribution < -0.4 is 0 Å². The van der Waals surface area contributed by atoms with Crippen molar-refractivity contribution in [3.8, 4) is 0 Å². The molecule has 0 saturated heterocycles. The van der Waals surface area contributed by atoms with Crippen molar-refractivity contribution in [3.05, 3.63) is 60.8 Å². The van der Waals surface area contributed by atoms with Gasteiger partial charge in [-0.1, -0.05) is 171 Å². The standard InChI is InChI=1S/C47H80O6/c1-4-7-10-13-16-19-21-22-23-24-26-28-31-34-37-40-46(49)52-43-44(42-51-45(48)39-36-33-30-27-18-15-12-9-6-3)53-47(50)41-38-35-32-29-25-20-17-14-11-8-5-2/h8,11,16-17,19-22,29,32,44H,4-7,9-10,12-15,18,23-28,30-31,33-43H2,1-3H3/b11-8-,19-16-,20-17-,22-21-,32-29-. The van der Waals surface area contributed by atoms with Crippen LogP contribution in [-0.4, -0.2) is 37.2 Å². The molecule has 6 nitrogen and oxygen atoms in total. The van der Waals surface area contributed by atoms with Gasteiger partial charge in [0.1, 0.15) is 13.2 Å². The molecule has 1 unspecified atom stereocenters. The predicted octanol–water partition coefficient (Wildman–Crippen LogP) is 13.7. The SMILES string of the molecule is CC/C=C\C/C=C\C/C=C\CCCC(=O)OC(COC(=O)CCCCCCCC/C=C\C=C/CCCCC)COC(=O)CCCCCCCCCCC. The van der Waals surface area contributed by atoms with Gasteiger partial charge in [-0.05, 0) is 70.6 Å². The van der Waals surface area contributed by atoms with Gasteiger partial charge < -0.3 is 14.2 Å². The molecule has 0 aromatic carbocycles. The van der Waals surface area contributed by atoms with Crippen molar-refractivity contribution in [2.75, 3.05) is 13.2 Å². The van der Waals surface area contributed by atoms with E-state index < -0.39 is 6.10 Å². The molecule has 0 saturated carbocycles. The van der Waals surface area contributed by atoms with Crippen LogP contribution in [0.4, 0.5) is 0 Å². The molecule has 0 aromatic rings. The Morgan fingerprint density at radius 2 is 0.811 bits per heavy atom. The van der Waals surface area contributed by atoms with Crippen LogP contribution in [0.25, 0.3) is 0 Å². The van der Waals surface area contributed by atoms with Crippen molar-refractivity contribution >= 4 is 17.9 Å². The molecule has 53 heavy (non-hydrogen) atoms. The number of allylic oxidation sites excluding steroid dienone is 10. The summed E-state index contributed by atoms with van der Waals surface area (Å²) in [6, 6.07) is 0. The van der Waals surface area contributed by atoms with Gasteiger partial charge in [0.05, 0.1) is 0 Å². The number of hydrogen-bond acceptors (Lipinski definition) is 6. The van der Waals surface area contributed by atoms with Crippen molar-refractivity contribution in [2.45, 2.75) is 207 Å². The molecule has 6 heteroatoms. The van der Waals surface area contributed by atoms with Crippen molar-refractivity contribution in [3.63, 3.8) is 0 Å². The Morgan fingerprint density at radius 3 is 1.34 bits per heavy atom. The van der Waals surface area contributed by atoms with Crippen LogP contribution in [-0.2, 0) is 28.6 Å². The highest BCUT2D eigenvalue weighted by molar-refractivity contribution is 5.71. The number of rotatable bonds is 38. The van der Waals surface area contributed by atoms with Crippen LogP contribution in [0.15, 0.2) is 60.8 Å². The van der Waals surface area contributed by atoms with Crippen LogP contribution in [0, 0.1) is 0 Å². The lowest BCUT2D eigenvalue weighted by atomic mass is 10.1. The van der Waals surface area contributed by atoms with Crippen molar-refractivity contribution < 1.29 is 28.6 Å². The van der Waals surface area contributed by atoms with Crippen LogP contribution >= 0.6 is 0 Å². The van der Waals surface area contributed by atoms with Crippen LogP contribution in [0.2, 0.25) is 0 Å². The van der Waals surface area contributed by atoms with Crippen molar-refractivity contribution in [1.82, 2.24) is 0 Å². The van der Waals surface area contributed by atoms with Gasteiger partial charge >= 0.3 is 17.9 Å². The van der Waals surface area contributed by atoms with Gasteiger partial charge in [-0.3, -0.25) is 14.4 Å². The second kappa shape index (κ2) is 41.9. The van der Waals surface area contributed by atoms with Crippen LogP contribution in [0.5, 0.6) is 0 Å². The molecule has 0 bridgehead atoms. The van der Waals surface area contributed by atoms with E-state index in [1.54, 1.807) is 0 Å². The molecule has 0 amide bonds. The minimum atomic E-state index is -0.799. The Morgan fingerprint density at radius 1 is 0.415 bits per heavy atom. The van der Waals surface area contributed by atoms with Gasteiger partial charge in [0, 0.05) is 19.3 Å². The smallest absolute Gasteiger partial charge is 0.306 e. The summed E-state index contributed by atoms with van der Waals surface area (Å²) in [7, 11) is 0. The first-order valence-corrected chi connectivity index (χ1v) is 21.8. The Hall–Kier alpha value is -2.89. The molecule has 0 aromatic heterocycles. The van der Waals surface area contributed by atoms with Crippen molar-refractivity contribution in [2.24, 2.45) is 0 Å². The van der Waals surface area contributed by atoms with E-state index >= 15 is 0 Å². The lowest BCUT2D eigenvalue weighted by Crippen LogP contribution is -2.30. The second-order valence-corrected chi connectivity index (χ2v) is 14.3. The number of unbranched alkanes of at least 4 members (excludes halogenated alkanes) is 18. The number of carbonyl (C=O) groups is 3. The first-order valence-electron chi connectivity index (χ1n) is 21.8. The monoisotopic (exact) mass is 741 g/mol. The topological polar surface area (TPSA) is 78.9 Å². The van der Waals surface area contributed by atoms with E-state index in [2.05, 4.69) is 81.5 Å². The zero-order valence-electron chi connectivity index (χ0n) is 34.5. The van der Waals surface area contributed by atoms with E-state index in [1.807, 2.05) is 0 Å². The maximum absolute atomic E-state index is 12.6. The summed E-state index contributed by atoms with van der Waals surface area (Å²) in [5.41, 5.74) is 0. The molecular formula is C47H80O6. The number of esters is 3. The summed E-state index contributed by atoms with van der Waals surface area (Å²) >= 11 is 0. The highest BCUT2D eigenvalue weighted by Gasteiger charge is 2.19. The third kappa shape index (κ3) is 40.1. The summed E-state index contributed by atoms with van der Waals surface area (Å²) in [4.78, 5) is 37.6. The van der Waals surface area contributed by atoms with E-state index in [0.29, 0.717) is 19.3 Å². The molecule has 0 aliphatic rings. The highest BCUT2D eigenvalue weighted by Crippen LogP contribution is 2.13. The first kappa shape index (κ1) is 50.1. The van der Waals surface area contributed by atoms with E-state index in [0.717, 1.165) is 70.6 Å². The Balaban J connectivity index is 4.43. The van der Waals surface area contributed by atoms with E-state index in [-0.39, 0.29) is 37.5 Å². The molecule has 0 aliphatic carbocycles. The van der Waals surface area contributed by atoms with Gasteiger partial charge in [0.2, 0.25) is 0 Å². The predicted molar refractivity (Wildman–Crippen MR) is 224 cm³/mol. The van der Waals surface area contributed by atoms with Gasteiger partial charge in [-0.2, -0.15) is 0 Å². The Labute approximate surface area is 326 Å². The summed E-state index contributed by atoms with van der Waals surface area (Å²) in [5.74, 6) is -0.974. The third-order valence-corrected chi connectivity index (χ3v) is 9.03. The van der Waals surface area contributed by atoms with E-state index in [1.165, 1.54) is 83.5 Å². The minimum absolute atomic E-state index is 0.0978. The lowest BCUT2D eigenvalue weighted by Gasteiger charge is -2.18. The maximum atomic E-state index is 12.6. The zero-order chi connectivity index (χ0) is 38.7. The number of ether oxygens (including phenoxy) is 3. The minimum Gasteiger partial charge on any atom is -0.462 e. The molecule has 0 aliphatic heterocycles. The lowest BCUT2D eigenvalue weighted by molar-refractivity contribution is -0.167. The van der Waals surface area contributed by atoms with Gasteiger partial charge in [0.15, 0.2) is 6.10 Å². The quantitative estimate of drug-likeness (QED) is 0.0206. The summed E-state index contributed by atoms with van der Waals surface area (Å²) in [5, 5.41) is 0. The fourth-order valence-corrected chi connectivity index (χ4v) is 5.75. The molecule has 0 radical (unpaired) electrons. The number of hydrogen-bond donors (Lipinski definition) is 0. The molecule has 0 fully saturated rings. The normalized spacial score (nSPS) is 12.6. The largest absolute Gasteiger partial charge is 0.462 e. The molecule has 0 heterocycles. The molecule has 0 rings (SSSR count). The van der Waals surface area contributed by atoms with Gasteiger partial charge in [-0.25, -0.2) is 0 Å². The summed E-state index contributed by atoms with van der Waals surface area (Å²) in [6.45, 7) is 6.39. The molecule has 0 spiro atoms. The fourth-order valence-electron chi connectivity index (χ4n) is 5.75. The number of carbonyl (C=O) groups excluding carboxylic acids is 3. The van der Waals surface area contributed by atoms with Crippen LogP contribution in [0.1, 0.15) is 201 Å². The van der Waals surface area contributed by atoms with E-state index in [9.17, 15) is 14.4 Å². The van der Waals surface area contributed by atoms with E-state index in [4.69, 9.17) is 14.2 Å². The fraction of sp³-hybridized carbons (Fsp3) is 0.723. The van der Waals surface area contributed by atoms with Crippen LogP contribution in [0.3, 0.4) is 0 Å². The Bertz CT molecular complexity index is 991. The van der Waals surface area contributed by atoms with Gasteiger partial charge in [-0.15, -0.1) is 0 Å². The average molecular weight is 741 g/mol. The maximum Gasteiger partial charge on any atom is 0.306 e. The second-order valence-electron chi connectivity index (χ2n) is 14.3. The third-order valence-electron chi connectivity index (χ3n) is 9.03. The molecule has 304 valence electrons. The van der Waals surface area contributed by atoms with Gasteiger partial charge in [0.25, 0.3) is 0 Å². The molecule has 1 atom stereocenters. The zero-order valence-corrected chi connectivity index (χ0v) is 34.5. The summed E-state index contributed by atoms with van der Waals surface area (Å²) < 4.78 is 16.6. The molecular weight excluding hydrogens is 661 g/mol. The Kier molecular flexibility index (Phi) is 39.6. The first-order chi connectivity index (χ1) is 26.0. The highest BCUT2D eigenvalue weighted by atomic mass is 16.6. The average Bonchev–Trinajstić information content (AvgIpc) is 3.15. The van der Waals surface area contributed by atoms with Crippen molar-refractivity contribution in [1.29, 1.82) is 0 Å². The molecule has 0 N–H and O–H groups in total.